The Morgan fingerprint density at radius 3 is 2.77 bits per heavy atom. The van der Waals surface area contributed by atoms with Crippen LogP contribution in [0.15, 0.2) is 67.0 Å². The number of aromatic nitrogens is 2. The summed E-state index contributed by atoms with van der Waals surface area (Å²) in [6.07, 6.45) is 6.85. The van der Waals surface area contributed by atoms with Crippen molar-refractivity contribution in [2.45, 2.75) is 31.8 Å². The van der Waals surface area contributed by atoms with Crippen molar-refractivity contribution >= 4 is 6.03 Å². The van der Waals surface area contributed by atoms with Crippen molar-refractivity contribution in [2.24, 2.45) is 0 Å². The van der Waals surface area contributed by atoms with Crippen molar-refractivity contribution in [3.05, 3.63) is 83.7 Å². The fraction of sp³-hybridized carbons (Fsp3) is 0.238. The van der Waals surface area contributed by atoms with Crippen LogP contribution in [0.4, 0.5) is 4.79 Å². The van der Waals surface area contributed by atoms with Crippen LogP contribution in [0, 0.1) is 0 Å². The van der Waals surface area contributed by atoms with Gasteiger partial charge >= 0.3 is 6.03 Å². The third-order valence-corrected chi connectivity index (χ3v) is 4.83. The van der Waals surface area contributed by atoms with Crippen molar-refractivity contribution in [3.8, 4) is 5.69 Å². The lowest BCUT2D eigenvalue weighted by molar-refractivity contribution is 0.235. The van der Waals surface area contributed by atoms with E-state index >= 15 is 0 Å². The molecular weight excluding hydrogens is 324 g/mol. The van der Waals surface area contributed by atoms with Crippen LogP contribution in [0.2, 0.25) is 0 Å². The number of nitrogens with zero attached hydrogens (tertiary/aromatic N) is 2. The van der Waals surface area contributed by atoms with Gasteiger partial charge in [-0.15, -0.1) is 0 Å². The predicted octanol–water partition coefficient (Wildman–Crippen LogP) is 3.75. The zero-order valence-electron chi connectivity index (χ0n) is 14.6. The summed E-state index contributed by atoms with van der Waals surface area (Å²) in [5.74, 6) is 0. The number of carbonyl (C=O) groups is 1. The molecule has 26 heavy (non-hydrogen) atoms. The summed E-state index contributed by atoms with van der Waals surface area (Å²) in [6.45, 7) is 0.500. The molecule has 1 aliphatic carbocycles. The molecule has 0 saturated heterocycles. The Kier molecular flexibility index (Phi) is 4.69. The van der Waals surface area contributed by atoms with Crippen molar-refractivity contribution in [3.63, 3.8) is 0 Å². The minimum atomic E-state index is -0.122. The molecule has 5 nitrogen and oxygen atoms in total. The largest absolute Gasteiger partial charge is 0.334 e. The van der Waals surface area contributed by atoms with E-state index in [1.165, 1.54) is 11.1 Å². The smallest absolute Gasteiger partial charge is 0.315 e. The minimum Gasteiger partial charge on any atom is -0.334 e. The van der Waals surface area contributed by atoms with Gasteiger partial charge in [0.2, 0.25) is 0 Å². The first-order chi connectivity index (χ1) is 12.8. The lowest BCUT2D eigenvalue weighted by atomic mass is 9.88. The van der Waals surface area contributed by atoms with Crippen LogP contribution < -0.4 is 10.6 Å². The molecular formula is C21H22N4O. The van der Waals surface area contributed by atoms with Crippen LogP contribution in [-0.2, 0) is 13.0 Å². The van der Waals surface area contributed by atoms with Crippen LogP contribution >= 0.6 is 0 Å². The summed E-state index contributed by atoms with van der Waals surface area (Å²) in [4.78, 5) is 12.3. The van der Waals surface area contributed by atoms with E-state index in [9.17, 15) is 4.79 Å². The molecule has 1 aliphatic rings. The quantitative estimate of drug-likeness (QED) is 0.756. The number of hydrogen-bond acceptors (Lipinski definition) is 2. The zero-order valence-corrected chi connectivity index (χ0v) is 14.6. The second-order valence-electron chi connectivity index (χ2n) is 6.59. The Hall–Kier alpha value is -3.08. The molecule has 0 saturated carbocycles. The maximum atomic E-state index is 12.3. The molecule has 0 spiro atoms. The van der Waals surface area contributed by atoms with Gasteiger partial charge in [0.15, 0.2) is 0 Å². The summed E-state index contributed by atoms with van der Waals surface area (Å²) in [5, 5.41) is 10.3. The number of urea groups is 1. The van der Waals surface area contributed by atoms with Gasteiger partial charge < -0.3 is 10.6 Å². The van der Waals surface area contributed by atoms with E-state index in [1.54, 1.807) is 6.20 Å². The van der Waals surface area contributed by atoms with Crippen LogP contribution in [0.25, 0.3) is 5.69 Å². The topological polar surface area (TPSA) is 59.0 Å². The highest BCUT2D eigenvalue weighted by Gasteiger charge is 2.21. The Bertz CT molecular complexity index is 871. The molecule has 2 N–H and O–H groups in total. The van der Waals surface area contributed by atoms with E-state index < -0.39 is 0 Å². The van der Waals surface area contributed by atoms with Gasteiger partial charge in [0, 0.05) is 18.9 Å². The monoisotopic (exact) mass is 346 g/mol. The van der Waals surface area contributed by atoms with Crippen LogP contribution in [0.1, 0.15) is 35.6 Å². The summed E-state index contributed by atoms with van der Waals surface area (Å²) in [7, 11) is 0. The molecule has 2 amide bonds. The number of fused-ring (bicyclic) bond motifs is 1. The molecule has 132 valence electrons. The van der Waals surface area contributed by atoms with Gasteiger partial charge in [-0.1, -0.05) is 36.4 Å². The van der Waals surface area contributed by atoms with E-state index in [0.29, 0.717) is 6.54 Å². The maximum Gasteiger partial charge on any atom is 0.315 e. The molecule has 1 aromatic heterocycles. The lowest BCUT2D eigenvalue weighted by Crippen LogP contribution is -2.38. The van der Waals surface area contributed by atoms with Crippen molar-refractivity contribution in [1.82, 2.24) is 20.4 Å². The SMILES string of the molecule is O=C(NCc1ccc(-n2cccn2)cc1)NC1CCCc2ccccc21. The van der Waals surface area contributed by atoms with Gasteiger partial charge in [0.25, 0.3) is 0 Å². The lowest BCUT2D eigenvalue weighted by Gasteiger charge is -2.26. The Balaban J connectivity index is 1.33. The Morgan fingerprint density at radius 1 is 1.12 bits per heavy atom. The number of rotatable bonds is 4. The summed E-state index contributed by atoms with van der Waals surface area (Å²) < 4.78 is 1.81. The molecule has 0 aliphatic heterocycles. The molecule has 1 heterocycles. The second-order valence-corrected chi connectivity index (χ2v) is 6.59. The highest BCUT2D eigenvalue weighted by molar-refractivity contribution is 5.74. The number of aryl methyl sites for hydroxylation is 1. The molecule has 0 fully saturated rings. The van der Waals surface area contributed by atoms with Crippen LogP contribution in [-0.4, -0.2) is 15.8 Å². The van der Waals surface area contributed by atoms with Gasteiger partial charge in [0.1, 0.15) is 0 Å². The zero-order chi connectivity index (χ0) is 17.8. The molecule has 0 bridgehead atoms. The van der Waals surface area contributed by atoms with Crippen molar-refractivity contribution in [1.29, 1.82) is 0 Å². The van der Waals surface area contributed by atoms with Gasteiger partial charge in [0.05, 0.1) is 11.7 Å². The summed E-state index contributed by atoms with van der Waals surface area (Å²) >= 11 is 0. The maximum absolute atomic E-state index is 12.3. The molecule has 1 unspecified atom stereocenters. The molecule has 4 rings (SSSR count). The average molecular weight is 346 g/mol. The van der Waals surface area contributed by atoms with E-state index in [-0.39, 0.29) is 12.1 Å². The third kappa shape index (κ3) is 3.61. The summed E-state index contributed by atoms with van der Waals surface area (Å²) in [5.41, 5.74) is 4.65. The Morgan fingerprint density at radius 2 is 1.96 bits per heavy atom. The normalized spacial score (nSPS) is 15.9. The third-order valence-electron chi connectivity index (χ3n) is 4.83. The van der Waals surface area contributed by atoms with E-state index in [1.807, 2.05) is 47.3 Å². The van der Waals surface area contributed by atoms with Crippen LogP contribution in [0.5, 0.6) is 0 Å². The van der Waals surface area contributed by atoms with Crippen LogP contribution in [0.3, 0.4) is 0 Å². The van der Waals surface area contributed by atoms with E-state index in [4.69, 9.17) is 0 Å². The first kappa shape index (κ1) is 16.4. The van der Waals surface area contributed by atoms with Gasteiger partial charge in [-0.05, 0) is 54.2 Å². The first-order valence-corrected chi connectivity index (χ1v) is 9.01. The van der Waals surface area contributed by atoms with Gasteiger partial charge in [-0.2, -0.15) is 5.10 Å². The fourth-order valence-electron chi connectivity index (χ4n) is 3.48. The first-order valence-electron chi connectivity index (χ1n) is 9.01. The number of carbonyl (C=O) groups excluding carboxylic acids is 1. The molecule has 3 aromatic rings. The highest BCUT2D eigenvalue weighted by atomic mass is 16.2. The Labute approximate surface area is 153 Å². The predicted molar refractivity (Wildman–Crippen MR) is 101 cm³/mol. The molecule has 5 heteroatoms. The van der Waals surface area contributed by atoms with Gasteiger partial charge in [-0.3, -0.25) is 0 Å². The summed E-state index contributed by atoms with van der Waals surface area (Å²) in [6, 6.07) is 18.3. The van der Waals surface area contributed by atoms with E-state index in [0.717, 1.165) is 30.5 Å². The number of hydrogen-bond donors (Lipinski definition) is 2. The van der Waals surface area contributed by atoms with E-state index in [2.05, 4.69) is 33.9 Å². The second kappa shape index (κ2) is 7.44. The van der Waals surface area contributed by atoms with Crippen molar-refractivity contribution in [2.75, 3.05) is 0 Å². The number of nitrogens with one attached hydrogen (secondary N) is 2. The van der Waals surface area contributed by atoms with Crippen molar-refractivity contribution < 1.29 is 4.79 Å². The molecule has 0 radical (unpaired) electrons. The highest BCUT2D eigenvalue weighted by Crippen LogP contribution is 2.29. The average Bonchev–Trinajstić information content (AvgIpc) is 3.22. The number of amides is 2. The fourth-order valence-corrected chi connectivity index (χ4v) is 3.48. The molecule has 2 aromatic carbocycles. The van der Waals surface area contributed by atoms with Gasteiger partial charge in [-0.25, -0.2) is 9.48 Å². The minimum absolute atomic E-state index is 0.0992. The number of benzene rings is 2. The molecule has 1 atom stereocenters. The standard InChI is InChI=1S/C21H22N4O/c26-21(24-20-8-3-6-17-5-1-2-7-19(17)20)22-15-16-9-11-18(12-10-16)25-14-4-13-23-25/h1-2,4-5,7,9-14,20H,3,6,8,15H2,(H2,22,24,26).